The van der Waals surface area contributed by atoms with Gasteiger partial charge in [-0.2, -0.15) is 13.1 Å². The Kier molecular flexibility index (Phi) is 6.60. The number of carboxylic acids is 1. The van der Waals surface area contributed by atoms with Crippen LogP contribution in [0, 0.1) is 0 Å². The predicted octanol–water partition coefficient (Wildman–Crippen LogP) is 1.16. The summed E-state index contributed by atoms with van der Waals surface area (Å²) in [5.41, 5.74) is 1.25. The summed E-state index contributed by atoms with van der Waals surface area (Å²) in [7, 11) is -2.15. The van der Waals surface area contributed by atoms with Gasteiger partial charge in [-0.1, -0.05) is 19.1 Å². The van der Waals surface area contributed by atoms with Crippen molar-refractivity contribution in [2.75, 3.05) is 25.0 Å². The second-order valence-corrected chi connectivity index (χ2v) is 6.11. The molecule has 8 heteroatoms. The molecular formula is C13H20N2O5S. The number of rotatable bonds is 9. The average Bonchev–Trinajstić information content (AvgIpc) is 2.38. The summed E-state index contributed by atoms with van der Waals surface area (Å²) in [5.74, 6) is -0.998. The highest BCUT2D eigenvalue weighted by Crippen LogP contribution is 2.21. The lowest BCUT2D eigenvalue weighted by atomic mass is 9.98. The van der Waals surface area contributed by atoms with E-state index in [1.54, 1.807) is 31.2 Å². The van der Waals surface area contributed by atoms with Crippen LogP contribution >= 0.6 is 0 Å². The maximum atomic E-state index is 11.7. The number of carboxylic acid groups (broad SMARTS) is 1. The molecule has 0 bridgehead atoms. The highest BCUT2D eigenvalue weighted by Gasteiger charge is 2.12. The van der Waals surface area contributed by atoms with Gasteiger partial charge in [-0.3, -0.25) is 9.52 Å². The van der Waals surface area contributed by atoms with Crippen molar-refractivity contribution in [1.82, 2.24) is 4.72 Å². The van der Waals surface area contributed by atoms with Crippen molar-refractivity contribution in [2.45, 2.75) is 19.3 Å². The Morgan fingerprint density at radius 1 is 1.33 bits per heavy atom. The lowest BCUT2D eigenvalue weighted by Gasteiger charge is -2.12. The zero-order chi connectivity index (χ0) is 15.9. The fraction of sp³-hybridized carbons (Fsp3) is 0.462. The standard InChI is InChI=1S/C13H20N2O5S/c1-10(9-13(16)17)11-3-5-12(6-4-11)15-21(18,19)14-7-8-20-2/h3-6,10,14-15H,7-9H2,1-2H3,(H,16,17). The van der Waals surface area contributed by atoms with E-state index in [9.17, 15) is 13.2 Å². The molecule has 0 fully saturated rings. The number of benzene rings is 1. The molecule has 0 aliphatic carbocycles. The molecule has 0 radical (unpaired) electrons. The van der Waals surface area contributed by atoms with E-state index in [1.807, 2.05) is 0 Å². The highest BCUT2D eigenvalue weighted by atomic mass is 32.2. The lowest BCUT2D eigenvalue weighted by molar-refractivity contribution is -0.137. The van der Waals surface area contributed by atoms with Crippen LogP contribution in [0.15, 0.2) is 24.3 Å². The van der Waals surface area contributed by atoms with Gasteiger partial charge in [-0.15, -0.1) is 0 Å². The third-order valence-electron chi connectivity index (χ3n) is 2.81. The summed E-state index contributed by atoms with van der Waals surface area (Å²) in [6.45, 7) is 2.27. The van der Waals surface area contributed by atoms with E-state index in [-0.39, 0.29) is 25.5 Å². The van der Waals surface area contributed by atoms with E-state index < -0.39 is 16.2 Å². The van der Waals surface area contributed by atoms with Crippen molar-refractivity contribution >= 4 is 21.9 Å². The normalized spacial score (nSPS) is 12.9. The van der Waals surface area contributed by atoms with E-state index >= 15 is 0 Å². The first kappa shape index (κ1) is 17.4. The second kappa shape index (κ2) is 7.96. The SMILES string of the molecule is COCCNS(=O)(=O)Nc1ccc(C(C)CC(=O)O)cc1. The van der Waals surface area contributed by atoms with Crippen LogP contribution in [-0.4, -0.2) is 39.8 Å². The molecule has 0 saturated carbocycles. The van der Waals surface area contributed by atoms with Crippen LogP contribution < -0.4 is 9.44 Å². The molecular weight excluding hydrogens is 296 g/mol. The summed E-state index contributed by atoms with van der Waals surface area (Å²) in [5, 5.41) is 8.75. The topological polar surface area (TPSA) is 105 Å². The van der Waals surface area contributed by atoms with Gasteiger partial charge in [0.25, 0.3) is 10.2 Å². The molecule has 0 spiro atoms. The van der Waals surface area contributed by atoms with Gasteiger partial charge in [0, 0.05) is 19.3 Å². The molecule has 0 amide bonds. The molecule has 1 atom stereocenters. The number of methoxy groups -OCH3 is 1. The molecule has 1 unspecified atom stereocenters. The molecule has 0 aromatic heterocycles. The van der Waals surface area contributed by atoms with Gasteiger partial charge in [0.15, 0.2) is 0 Å². The fourth-order valence-electron chi connectivity index (χ4n) is 1.73. The Morgan fingerprint density at radius 2 is 1.95 bits per heavy atom. The molecule has 7 nitrogen and oxygen atoms in total. The van der Waals surface area contributed by atoms with Gasteiger partial charge in [0.1, 0.15) is 0 Å². The molecule has 0 heterocycles. The molecule has 118 valence electrons. The van der Waals surface area contributed by atoms with Gasteiger partial charge in [0.05, 0.1) is 13.0 Å². The smallest absolute Gasteiger partial charge is 0.303 e. The van der Waals surface area contributed by atoms with Crippen molar-refractivity contribution in [1.29, 1.82) is 0 Å². The monoisotopic (exact) mass is 316 g/mol. The van der Waals surface area contributed by atoms with E-state index in [4.69, 9.17) is 9.84 Å². The van der Waals surface area contributed by atoms with Crippen molar-refractivity contribution in [3.8, 4) is 0 Å². The second-order valence-electron chi connectivity index (χ2n) is 4.61. The van der Waals surface area contributed by atoms with Crippen LogP contribution in [0.2, 0.25) is 0 Å². The largest absolute Gasteiger partial charge is 0.481 e. The number of anilines is 1. The maximum Gasteiger partial charge on any atom is 0.303 e. The van der Waals surface area contributed by atoms with Crippen LogP contribution in [0.3, 0.4) is 0 Å². The van der Waals surface area contributed by atoms with Crippen molar-refractivity contribution in [2.24, 2.45) is 0 Å². The van der Waals surface area contributed by atoms with Crippen LogP contribution in [0.4, 0.5) is 5.69 Å². The third-order valence-corrected chi connectivity index (χ3v) is 3.90. The predicted molar refractivity (Wildman–Crippen MR) is 79.5 cm³/mol. The van der Waals surface area contributed by atoms with Crippen LogP contribution in [-0.2, 0) is 19.7 Å². The summed E-state index contributed by atoms with van der Waals surface area (Å²) in [6.07, 6.45) is 0.0314. The Hall–Kier alpha value is -1.64. The quantitative estimate of drug-likeness (QED) is 0.593. The Labute approximate surface area is 124 Å². The van der Waals surface area contributed by atoms with E-state index in [2.05, 4.69) is 9.44 Å². The van der Waals surface area contributed by atoms with Crippen molar-refractivity contribution < 1.29 is 23.1 Å². The number of ether oxygens (including phenoxy) is 1. The van der Waals surface area contributed by atoms with Crippen LogP contribution in [0.25, 0.3) is 0 Å². The molecule has 3 N–H and O–H groups in total. The molecule has 0 aliphatic heterocycles. The number of nitrogens with one attached hydrogen (secondary N) is 2. The number of hydrogen-bond donors (Lipinski definition) is 3. The molecule has 0 saturated heterocycles. The van der Waals surface area contributed by atoms with Crippen LogP contribution in [0.1, 0.15) is 24.8 Å². The molecule has 1 aromatic rings. The maximum absolute atomic E-state index is 11.7. The molecule has 0 aliphatic rings. The minimum Gasteiger partial charge on any atom is -0.481 e. The molecule has 1 aromatic carbocycles. The third kappa shape index (κ3) is 6.56. The number of aliphatic carboxylic acids is 1. The lowest BCUT2D eigenvalue weighted by Crippen LogP contribution is -2.32. The summed E-state index contributed by atoms with van der Waals surface area (Å²) >= 11 is 0. The van der Waals surface area contributed by atoms with Gasteiger partial charge in [-0.25, -0.2) is 0 Å². The summed E-state index contributed by atoms with van der Waals surface area (Å²) < 4.78 is 32.8. The highest BCUT2D eigenvalue weighted by molar-refractivity contribution is 7.90. The summed E-state index contributed by atoms with van der Waals surface area (Å²) in [6, 6.07) is 6.62. The van der Waals surface area contributed by atoms with Crippen molar-refractivity contribution in [3.63, 3.8) is 0 Å². The van der Waals surface area contributed by atoms with Gasteiger partial charge < -0.3 is 9.84 Å². The minimum absolute atomic E-state index is 0.0314. The van der Waals surface area contributed by atoms with E-state index in [0.29, 0.717) is 5.69 Å². The number of carbonyl (C=O) groups is 1. The van der Waals surface area contributed by atoms with Gasteiger partial charge in [-0.05, 0) is 23.6 Å². The first-order valence-corrected chi connectivity index (χ1v) is 7.90. The Bertz CT molecular complexity index is 556. The van der Waals surface area contributed by atoms with Gasteiger partial charge in [0.2, 0.25) is 0 Å². The zero-order valence-electron chi connectivity index (χ0n) is 12.0. The fourth-order valence-corrected chi connectivity index (χ4v) is 2.60. The Balaban J connectivity index is 2.64. The number of hydrogen-bond acceptors (Lipinski definition) is 4. The molecule has 21 heavy (non-hydrogen) atoms. The summed E-state index contributed by atoms with van der Waals surface area (Å²) in [4.78, 5) is 10.7. The Morgan fingerprint density at radius 3 is 2.48 bits per heavy atom. The average molecular weight is 316 g/mol. The first-order chi connectivity index (χ1) is 9.84. The van der Waals surface area contributed by atoms with E-state index in [0.717, 1.165) is 5.56 Å². The van der Waals surface area contributed by atoms with Crippen molar-refractivity contribution in [3.05, 3.63) is 29.8 Å². The molecule has 1 rings (SSSR count). The van der Waals surface area contributed by atoms with E-state index in [1.165, 1.54) is 7.11 Å². The van der Waals surface area contributed by atoms with Crippen LogP contribution in [0.5, 0.6) is 0 Å². The minimum atomic E-state index is -3.63. The zero-order valence-corrected chi connectivity index (χ0v) is 12.8. The first-order valence-electron chi connectivity index (χ1n) is 6.42. The van der Waals surface area contributed by atoms with Gasteiger partial charge >= 0.3 is 5.97 Å².